The first-order valence-corrected chi connectivity index (χ1v) is 10.2. The molecule has 0 saturated carbocycles. The van der Waals surface area contributed by atoms with Crippen molar-refractivity contribution in [3.8, 4) is 0 Å². The van der Waals surface area contributed by atoms with E-state index in [1.165, 1.54) is 11.3 Å². The number of aliphatic hydroxyl groups is 1. The molecule has 2 saturated heterocycles. The third-order valence-electron chi connectivity index (χ3n) is 5.86. The summed E-state index contributed by atoms with van der Waals surface area (Å²) >= 11 is 0. The van der Waals surface area contributed by atoms with E-state index >= 15 is 0 Å². The molecule has 1 spiro atoms. The molecule has 0 radical (unpaired) electrons. The zero-order valence-electron chi connectivity index (χ0n) is 17.8. The monoisotopic (exact) mass is 406 g/mol. The number of anilines is 1. The molecule has 29 heavy (non-hydrogen) atoms. The van der Waals surface area contributed by atoms with Crippen LogP contribution in [0.5, 0.6) is 0 Å². The number of carbonyl (C=O) groups is 2. The van der Waals surface area contributed by atoms with Crippen molar-refractivity contribution in [3.05, 3.63) is 29.8 Å². The van der Waals surface area contributed by atoms with Crippen LogP contribution in [0.1, 0.15) is 44.6 Å². The van der Waals surface area contributed by atoms with E-state index in [0.717, 1.165) is 32.4 Å². The number of benzene rings is 1. The van der Waals surface area contributed by atoms with Crippen LogP contribution in [0.3, 0.4) is 0 Å². The van der Waals surface area contributed by atoms with Crippen LogP contribution in [0, 0.1) is 0 Å². The molecule has 1 aromatic rings. The second-order valence-corrected chi connectivity index (χ2v) is 8.50. The van der Waals surface area contributed by atoms with Crippen molar-refractivity contribution in [1.82, 2.24) is 4.90 Å². The number of hydrogen-bond donors (Lipinski definition) is 2. The Hall–Kier alpha value is -2.12. The third-order valence-corrected chi connectivity index (χ3v) is 5.86. The molecule has 7 nitrogen and oxygen atoms in total. The number of ether oxygens (including phenoxy) is 1. The zero-order valence-corrected chi connectivity index (χ0v) is 17.8. The highest BCUT2D eigenvalue weighted by Gasteiger charge is 2.44. The number of nitrogens with zero attached hydrogens (tertiary/aromatic N) is 2. The predicted octanol–water partition coefficient (Wildman–Crippen LogP) is 2.31. The summed E-state index contributed by atoms with van der Waals surface area (Å²) in [5, 5.41) is 17.3. The fourth-order valence-electron chi connectivity index (χ4n) is 4.18. The Balaban J connectivity index is 0.000000941. The topological polar surface area (TPSA) is 90.3 Å². The largest absolute Gasteiger partial charge is 0.483 e. The van der Waals surface area contributed by atoms with Gasteiger partial charge < -0.3 is 24.7 Å². The Morgan fingerprint density at radius 3 is 2.31 bits per heavy atom. The molecule has 0 aliphatic carbocycles. The maximum atomic E-state index is 12.6. The maximum absolute atomic E-state index is 12.6. The van der Waals surface area contributed by atoms with Crippen molar-refractivity contribution in [1.29, 1.82) is 0 Å². The lowest BCUT2D eigenvalue weighted by Gasteiger charge is -2.48. The molecule has 7 heteroatoms. The van der Waals surface area contributed by atoms with E-state index in [9.17, 15) is 9.90 Å². The first-order chi connectivity index (χ1) is 13.7. The van der Waals surface area contributed by atoms with E-state index in [-0.39, 0.29) is 18.0 Å². The summed E-state index contributed by atoms with van der Waals surface area (Å²) in [5.74, 6) is 0.221. The smallest absolute Gasteiger partial charge is 0.290 e. The minimum absolute atomic E-state index is 0.221. The summed E-state index contributed by atoms with van der Waals surface area (Å²) in [6, 6.07) is 8.39. The molecule has 2 aliphatic heterocycles. The van der Waals surface area contributed by atoms with Gasteiger partial charge >= 0.3 is 0 Å². The van der Waals surface area contributed by atoms with Crippen LogP contribution in [0.15, 0.2) is 24.3 Å². The van der Waals surface area contributed by atoms with Gasteiger partial charge in [-0.25, -0.2) is 0 Å². The van der Waals surface area contributed by atoms with E-state index in [2.05, 4.69) is 29.2 Å². The first-order valence-electron chi connectivity index (χ1n) is 10.2. The van der Waals surface area contributed by atoms with Gasteiger partial charge in [0.15, 0.2) is 0 Å². The minimum atomic E-state index is -0.636. The van der Waals surface area contributed by atoms with Gasteiger partial charge in [-0.3, -0.25) is 9.59 Å². The second kappa shape index (κ2) is 10.1. The van der Waals surface area contributed by atoms with Gasteiger partial charge in [0.1, 0.15) is 0 Å². The highest BCUT2D eigenvalue weighted by molar-refractivity contribution is 5.76. The highest BCUT2D eigenvalue weighted by Crippen LogP contribution is 2.39. The Morgan fingerprint density at radius 1 is 1.21 bits per heavy atom. The summed E-state index contributed by atoms with van der Waals surface area (Å²) in [7, 11) is 4.05. The summed E-state index contributed by atoms with van der Waals surface area (Å²) in [6.45, 7) is 3.73. The van der Waals surface area contributed by atoms with Gasteiger partial charge in [-0.2, -0.15) is 0 Å². The van der Waals surface area contributed by atoms with Crippen LogP contribution in [-0.2, 0) is 20.7 Å². The molecule has 162 valence electrons. The number of rotatable bonds is 4. The van der Waals surface area contributed by atoms with Gasteiger partial charge in [-0.15, -0.1) is 0 Å². The lowest BCUT2D eigenvalue weighted by Crippen LogP contribution is -2.54. The standard InChI is InChI=1S/C21H32N2O3.CH2O2/c1-20(25)12-15-26-21(16-20)10-13-23(14-11-21)19(24)9-6-17-4-7-18(8-5-17)22(2)3;2-1-3/h4-5,7-8,25H,6,9-16H2,1-3H3;1H,(H,2,3). The van der Waals surface area contributed by atoms with E-state index in [1.54, 1.807) is 0 Å². The van der Waals surface area contributed by atoms with Crippen LogP contribution in [0.25, 0.3) is 0 Å². The average Bonchev–Trinajstić information content (AvgIpc) is 2.67. The van der Waals surface area contributed by atoms with Gasteiger partial charge in [0.25, 0.3) is 6.47 Å². The number of likely N-dealkylation sites (tertiary alicyclic amines) is 1. The van der Waals surface area contributed by atoms with Gasteiger partial charge in [0, 0.05) is 45.7 Å². The lowest BCUT2D eigenvalue weighted by atomic mass is 9.78. The quantitative estimate of drug-likeness (QED) is 0.746. The molecule has 1 amide bonds. The summed E-state index contributed by atoms with van der Waals surface area (Å²) in [6.07, 6.45) is 4.36. The molecular weight excluding hydrogens is 372 g/mol. The molecule has 2 heterocycles. The van der Waals surface area contributed by atoms with Crippen LogP contribution in [-0.4, -0.2) is 72.5 Å². The number of carbonyl (C=O) groups excluding carboxylic acids is 1. The fourth-order valence-corrected chi connectivity index (χ4v) is 4.18. The third kappa shape index (κ3) is 6.72. The van der Waals surface area contributed by atoms with Crippen molar-refractivity contribution in [2.45, 2.75) is 56.7 Å². The van der Waals surface area contributed by atoms with Gasteiger partial charge in [-0.05, 0) is 50.3 Å². The first kappa shape index (κ1) is 23.2. The Kier molecular flexibility index (Phi) is 8.05. The van der Waals surface area contributed by atoms with E-state index in [0.29, 0.717) is 25.9 Å². The molecule has 2 N–H and O–H groups in total. The molecule has 0 bridgehead atoms. The van der Waals surface area contributed by atoms with Gasteiger partial charge in [0.2, 0.25) is 5.91 Å². The van der Waals surface area contributed by atoms with E-state index < -0.39 is 5.60 Å². The lowest BCUT2D eigenvalue weighted by molar-refractivity contribution is -0.175. The van der Waals surface area contributed by atoms with E-state index in [1.807, 2.05) is 25.9 Å². The Labute approximate surface area is 173 Å². The molecule has 0 aromatic heterocycles. The molecule has 3 rings (SSSR count). The zero-order chi connectivity index (χ0) is 21.5. The SMILES string of the molecule is CN(C)c1ccc(CCC(=O)N2CCC3(CC2)CC(C)(O)CCO3)cc1.O=CO. The minimum Gasteiger partial charge on any atom is -0.483 e. The fraction of sp³-hybridized carbons (Fsp3) is 0.636. The van der Waals surface area contributed by atoms with Crippen molar-refractivity contribution in [3.63, 3.8) is 0 Å². The summed E-state index contributed by atoms with van der Waals surface area (Å²) in [5.41, 5.74) is 1.50. The van der Waals surface area contributed by atoms with Crippen LogP contribution < -0.4 is 4.90 Å². The predicted molar refractivity (Wildman–Crippen MR) is 112 cm³/mol. The summed E-state index contributed by atoms with van der Waals surface area (Å²) in [4.78, 5) is 25.0. The number of hydrogen-bond acceptors (Lipinski definition) is 5. The van der Waals surface area contributed by atoms with Crippen molar-refractivity contribution < 1.29 is 24.5 Å². The number of carboxylic acid groups (broad SMARTS) is 1. The molecule has 1 atom stereocenters. The van der Waals surface area contributed by atoms with E-state index in [4.69, 9.17) is 14.6 Å². The second-order valence-electron chi connectivity index (χ2n) is 8.50. The van der Waals surface area contributed by atoms with Crippen molar-refractivity contribution in [2.24, 2.45) is 0 Å². The van der Waals surface area contributed by atoms with Crippen molar-refractivity contribution >= 4 is 18.1 Å². The van der Waals surface area contributed by atoms with Gasteiger partial charge in [0.05, 0.1) is 17.8 Å². The number of aryl methyl sites for hydroxylation is 1. The molecule has 2 aliphatic rings. The highest BCUT2D eigenvalue weighted by atomic mass is 16.5. The van der Waals surface area contributed by atoms with Crippen LogP contribution in [0.4, 0.5) is 5.69 Å². The Morgan fingerprint density at radius 2 is 1.79 bits per heavy atom. The average molecular weight is 407 g/mol. The van der Waals surface area contributed by atoms with Crippen molar-refractivity contribution in [2.75, 3.05) is 38.7 Å². The van der Waals surface area contributed by atoms with Crippen LogP contribution >= 0.6 is 0 Å². The molecule has 1 unspecified atom stereocenters. The maximum Gasteiger partial charge on any atom is 0.290 e. The molecule has 1 aromatic carbocycles. The Bertz CT molecular complexity index is 664. The number of piperidine rings is 1. The summed E-state index contributed by atoms with van der Waals surface area (Å²) < 4.78 is 6.03. The normalized spacial score (nSPS) is 23.1. The molecule has 2 fully saturated rings. The van der Waals surface area contributed by atoms with Crippen LogP contribution in [0.2, 0.25) is 0 Å². The molecular formula is C22H34N2O5. The van der Waals surface area contributed by atoms with Gasteiger partial charge in [-0.1, -0.05) is 12.1 Å². The number of amides is 1.